The molecule has 0 heterocycles. The summed E-state index contributed by atoms with van der Waals surface area (Å²) in [5.74, 6) is 0. The van der Waals surface area contributed by atoms with E-state index in [-0.39, 0.29) is 32.0 Å². The third kappa shape index (κ3) is 12.0. The second kappa shape index (κ2) is 13.4. The van der Waals surface area contributed by atoms with Gasteiger partial charge < -0.3 is 29.5 Å². The van der Waals surface area contributed by atoms with Crippen molar-refractivity contribution in [2.45, 2.75) is 51.2 Å². The molecule has 0 aromatic rings. The van der Waals surface area contributed by atoms with E-state index in [9.17, 15) is 5.11 Å². The van der Waals surface area contributed by atoms with E-state index in [0.717, 1.165) is 12.8 Å². The van der Waals surface area contributed by atoms with Gasteiger partial charge in [-0.3, -0.25) is 0 Å². The van der Waals surface area contributed by atoms with E-state index in [0.29, 0.717) is 32.7 Å². The minimum atomic E-state index is -0.644. The van der Waals surface area contributed by atoms with Crippen LogP contribution in [0.3, 0.4) is 0 Å². The first-order chi connectivity index (χ1) is 10.1. The molecule has 0 fully saturated rings. The lowest BCUT2D eigenvalue weighted by molar-refractivity contribution is -0.0817. The van der Waals surface area contributed by atoms with Gasteiger partial charge >= 0.3 is 0 Å². The van der Waals surface area contributed by atoms with Gasteiger partial charge in [0.1, 0.15) is 6.10 Å². The highest BCUT2D eigenvalue weighted by atomic mass is 16.5. The molecule has 0 aliphatic carbocycles. The Hall–Kier alpha value is -0.240. The number of ether oxygens (including phenoxy) is 3. The van der Waals surface area contributed by atoms with Gasteiger partial charge in [0.05, 0.1) is 32.0 Å². The molecule has 0 aromatic heterocycles. The summed E-state index contributed by atoms with van der Waals surface area (Å²) >= 11 is 0. The number of hydrogen-bond donors (Lipinski definition) is 3. The van der Waals surface area contributed by atoms with Crippen molar-refractivity contribution < 1.29 is 29.5 Å². The highest BCUT2D eigenvalue weighted by Gasteiger charge is 2.21. The number of unbranched alkanes of at least 4 members (excludes halogenated alkanes) is 1. The molecule has 0 bridgehead atoms. The molecule has 128 valence electrons. The third-order valence-corrected chi connectivity index (χ3v) is 3.38. The van der Waals surface area contributed by atoms with Gasteiger partial charge in [-0.25, -0.2) is 0 Å². The zero-order valence-corrected chi connectivity index (χ0v) is 13.4. The highest BCUT2D eigenvalue weighted by Crippen LogP contribution is 2.18. The van der Waals surface area contributed by atoms with E-state index in [1.165, 1.54) is 0 Å². The van der Waals surface area contributed by atoms with Gasteiger partial charge in [-0.2, -0.15) is 0 Å². The Morgan fingerprint density at radius 3 is 2.19 bits per heavy atom. The van der Waals surface area contributed by atoms with Crippen LogP contribution in [0.4, 0.5) is 0 Å². The van der Waals surface area contributed by atoms with Gasteiger partial charge in [-0.05, 0) is 32.6 Å². The fourth-order valence-corrected chi connectivity index (χ4v) is 1.74. The first kappa shape index (κ1) is 20.8. The highest BCUT2D eigenvalue weighted by molar-refractivity contribution is 4.72. The number of rotatable bonds is 15. The second-order valence-electron chi connectivity index (χ2n) is 5.36. The Balaban J connectivity index is 3.48. The van der Waals surface area contributed by atoms with Gasteiger partial charge in [0, 0.05) is 19.8 Å². The lowest BCUT2D eigenvalue weighted by Crippen LogP contribution is -2.31. The Morgan fingerprint density at radius 1 is 0.952 bits per heavy atom. The van der Waals surface area contributed by atoms with Crippen molar-refractivity contribution in [3.05, 3.63) is 0 Å². The molecule has 0 aliphatic rings. The van der Waals surface area contributed by atoms with E-state index >= 15 is 0 Å². The van der Waals surface area contributed by atoms with E-state index in [1.54, 1.807) is 0 Å². The molecule has 0 aromatic carbocycles. The zero-order chi connectivity index (χ0) is 16.0. The maximum atomic E-state index is 9.62. The van der Waals surface area contributed by atoms with E-state index < -0.39 is 6.10 Å². The van der Waals surface area contributed by atoms with Crippen LogP contribution in [-0.2, 0) is 14.2 Å². The van der Waals surface area contributed by atoms with E-state index in [1.807, 2.05) is 13.8 Å². The Morgan fingerprint density at radius 2 is 1.62 bits per heavy atom. The van der Waals surface area contributed by atoms with Gasteiger partial charge in [-0.1, -0.05) is 6.92 Å². The van der Waals surface area contributed by atoms with E-state index in [4.69, 9.17) is 24.4 Å². The molecule has 2 atom stereocenters. The minimum absolute atomic E-state index is 0.109. The van der Waals surface area contributed by atoms with Gasteiger partial charge in [0.25, 0.3) is 0 Å². The van der Waals surface area contributed by atoms with Crippen LogP contribution < -0.4 is 0 Å². The predicted octanol–water partition coefficient (Wildman–Crippen LogP) is 0.721. The van der Waals surface area contributed by atoms with Crippen molar-refractivity contribution in [3.63, 3.8) is 0 Å². The summed E-state index contributed by atoms with van der Waals surface area (Å²) in [7, 11) is 0. The molecule has 6 heteroatoms. The molecule has 21 heavy (non-hydrogen) atoms. The largest absolute Gasteiger partial charge is 0.396 e. The molecule has 0 aliphatic heterocycles. The predicted molar refractivity (Wildman–Crippen MR) is 80.3 cm³/mol. The van der Waals surface area contributed by atoms with E-state index in [2.05, 4.69) is 0 Å². The summed E-state index contributed by atoms with van der Waals surface area (Å²) < 4.78 is 16.3. The molecule has 0 rings (SSSR count). The van der Waals surface area contributed by atoms with Crippen molar-refractivity contribution in [2.75, 3.05) is 46.2 Å². The molecule has 0 radical (unpaired) electrons. The Bertz CT molecular complexity index is 226. The smallest absolute Gasteiger partial charge is 0.101 e. The SMILES string of the molecule is CCC(C)(CCO)OCCOCC(O)COCCCCO. The van der Waals surface area contributed by atoms with Crippen LogP contribution in [0.15, 0.2) is 0 Å². The third-order valence-electron chi connectivity index (χ3n) is 3.38. The molecular formula is C15H32O6. The van der Waals surface area contributed by atoms with Gasteiger partial charge in [-0.15, -0.1) is 0 Å². The summed E-state index contributed by atoms with van der Waals surface area (Å²) in [6.45, 7) is 6.11. The van der Waals surface area contributed by atoms with Crippen molar-refractivity contribution in [1.82, 2.24) is 0 Å². The summed E-state index contributed by atoms with van der Waals surface area (Å²) in [5.41, 5.74) is -0.313. The van der Waals surface area contributed by atoms with Gasteiger partial charge in [0.15, 0.2) is 0 Å². The van der Waals surface area contributed by atoms with Crippen LogP contribution in [0.2, 0.25) is 0 Å². The minimum Gasteiger partial charge on any atom is -0.396 e. The normalized spacial score (nSPS) is 15.9. The quantitative estimate of drug-likeness (QED) is 0.386. The maximum absolute atomic E-state index is 9.62. The lowest BCUT2D eigenvalue weighted by atomic mass is 9.99. The Labute approximate surface area is 128 Å². The second-order valence-corrected chi connectivity index (χ2v) is 5.36. The lowest BCUT2D eigenvalue weighted by Gasteiger charge is -2.28. The molecule has 0 amide bonds. The van der Waals surface area contributed by atoms with Crippen LogP contribution in [0.5, 0.6) is 0 Å². The molecule has 3 N–H and O–H groups in total. The first-order valence-electron chi connectivity index (χ1n) is 7.77. The summed E-state index contributed by atoms with van der Waals surface area (Å²) in [6, 6.07) is 0. The van der Waals surface area contributed by atoms with Crippen LogP contribution in [-0.4, -0.2) is 73.3 Å². The van der Waals surface area contributed by atoms with Crippen molar-refractivity contribution >= 4 is 0 Å². The van der Waals surface area contributed by atoms with Crippen molar-refractivity contribution in [3.8, 4) is 0 Å². The summed E-state index contributed by atoms with van der Waals surface area (Å²) in [5, 5.41) is 27.2. The molecular weight excluding hydrogens is 276 g/mol. The van der Waals surface area contributed by atoms with Gasteiger partial charge in [0.2, 0.25) is 0 Å². The van der Waals surface area contributed by atoms with Crippen molar-refractivity contribution in [1.29, 1.82) is 0 Å². The van der Waals surface area contributed by atoms with Crippen LogP contribution in [0.25, 0.3) is 0 Å². The van der Waals surface area contributed by atoms with Crippen LogP contribution in [0.1, 0.15) is 39.5 Å². The zero-order valence-electron chi connectivity index (χ0n) is 13.4. The van der Waals surface area contributed by atoms with Crippen LogP contribution in [0, 0.1) is 0 Å². The topological polar surface area (TPSA) is 88.4 Å². The maximum Gasteiger partial charge on any atom is 0.101 e. The average molecular weight is 308 g/mol. The molecule has 0 saturated heterocycles. The average Bonchev–Trinajstić information content (AvgIpc) is 2.47. The fourth-order valence-electron chi connectivity index (χ4n) is 1.74. The van der Waals surface area contributed by atoms with Crippen LogP contribution >= 0.6 is 0 Å². The summed E-state index contributed by atoms with van der Waals surface area (Å²) in [6.07, 6.45) is 2.30. The molecule has 0 saturated carbocycles. The van der Waals surface area contributed by atoms with Crippen molar-refractivity contribution in [2.24, 2.45) is 0 Å². The Kier molecular flexibility index (Phi) is 13.3. The molecule has 2 unspecified atom stereocenters. The summed E-state index contributed by atoms with van der Waals surface area (Å²) in [4.78, 5) is 0. The standard InChI is InChI=1S/C15H32O6/c1-3-15(2,6-8-17)21-11-10-20-13-14(18)12-19-9-5-4-7-16/h14,16-18H,3-13H2,1-2H3. The number of aliphatic hydroxyl groups is 3. The fraction of sp³-hybridized carbons (Fsp3) is 1.00. The molecule has 6 nitrogen and oxygen atoms in total. The number of aliphatic hydroxyl groups excluding tert-OH is 3. The first-order valence-corrected chi connectivity index (χ1v) is 7.77. The monoisotopic (exact) mass is 308 g/mol. The molecule has 0 spiro atoms. The number of hydrogen-bond acceptors (Lipinski definition) is 6.